The lowest BCUT2D eigenvalue weighted by Gasteiger charge is -2.34. The highest BCUT2D eigenvalue weighted by molar-refractivity contribution is 8.63. The minimum atomic E-state index is -0.632. The third-order valence-corrected chi connectivity index (χ3v) is 7.71. The van der Waals surface area contributed by atoms with Gasteiger partial charge in [0.05, 0.1) is 4.75 Å². The number of hydrogen-bond donors (Lipinski definition) is 0. The monoisotopic (exact) mass is 247 g/mol. The maximum atomic E-state index is 5.85. The highest BCUT2D eigenvalue weighted by Crippen LogP contribution is 2.63. The molecule has 0 spiro atoms. The molecule has 78 valence electrons. The van der Waals surface area contributed by atoms with E-state index in [0.29, 0.717) is 16.8 Å². The van der Waals surface area contributed by atoms with Gasteiger partial charge < -0.3 is 0 Å². The number of allylic oxidation sites excluding steroid dienone is 1. The minimum Gasteiger partial charge on any atom is -0.153 e. The first-order chi connectivity index (χ1) is 6.51. The van der Waals surface area contributed by atoms with E-state index in [2.05, 4.69) is 20.4 Å². The van der Waals surface area contributed by atoms with Crippen LogP contribution in [0.25, 0.3) is 0 Å². The first kappa shape index (κ1) is 11.1. The van der Waals surface area contributed by atoms with Crippen molar-refractivity contribution in [2.24, 2.45) is 5.92 Å². The molecule has 2 rings (SSSR count). The lowest BCUT2D eigenvalue weighted by molar-refractivity contribution is 0.130. The van der Waals surface area contributed by atoms with Crippen molar-refractivity contribution in [2.75, 3.05) is 0 Å². The molecule has 0 bridgehead atoms. The van der Waals surface area contributed by atoms with Crippen LogP contribution in [0.5, 0.6) is 0 Å². The lowest BCUT2D eigenvalue weighted by Crippen LogP contribution is -2.39. The summed E-state index contributed by atoms with van der Waals surface area (Å²) in [6.45, 7) is 8.49. The van der Waals surface area contributed by atoms with Crippen molar-refractivity contribution in [1.29, 1.82) is 0 Å². The molecule has 1 nitrogen and oxygen atoms in total. The van der Waals surface area contributed by atoms with Gasteiger partial charge in [-0.15, -0.1) is 0 Å². The molecule has 0 aromatic rings. The molecular formula is C10H16OPS2+. The average Bonchev–Trinajstić information content (AvgIpc) is 2.37. The normalized spacial score (nSPS) is 44.9. The first-order valence-electron chi connectivity index (χ1n) is 5.00. The highest BCUT2D eigenvalue weighted by atomic mass is 32.9. The van der Waals surface area contributed by atoms with Gasteiger partial charge in [0.1, 0.15) is 17.5 Å². The zero-order chi connectivity index (χ0) is 10.3. The fraction of sp³-hybridized carbons (Fsp3) is 0.800. The predicted molar refractivity (Wildman–Crippen MR) is 67.3 cm³/mol. The Morgan fingerprint density at radius 3 is 3.07 bits per heavy atom. The van der Waals surface area contributed by atoms with E-state index in [9.17, 15) is 0 Å². The molecule has 1 saturated heterocycles. The van der Waals surface area contributed by atoms with Crippen LogP contribution >= 0.6 is 17.5 Å². The van der Waals surface area contributed by atoms with E-state index in [1.165, 1.54) is 18.4 Å². The van der Waals surface area contributed by atoms with Crippen LogP contribution in [0.1, 0.15) is 33.1 Å². The maximum Gasteiger partial charge on any atom is 0.415 e. The van der Waals surface area contributed by atoms with Crippen LogP contribution in [0.15, 0.2) is 12.2 Å². The SMILES string of the molecule is C=C(C)C1CCC2(C)S[P+](=S)OC2C1. The van der Waals surface area contributed by atoms with E-state index >= 15 is 0 Å². The van der Waals surface area contributed by atoms with Crippen molar-refractivity contribution < 1.29 is 4.52 Å². The summed E-state index contributed by atoms with van der Waals surface area (Å²) < 4.78 is 6.16. The van der Waals surface area contributed by atoms with Crippen LogP contribution in [-0.4, -0.2) is 10.9 Å². The summed E-state index contributed by atoms with van der Waals surface area (Å²) in [6.07, 6.45) is 3.38. The summed E-state index contributed by atoms with van der Waals surface area (Å²) in [5, 5.41) is 0. The van der Waals surface area contributed by atoms with Crippen LogP contribution in [0.4, 0.5) is 0 Å². The quantitative estimate of drug-likeness (QED) is 0.511. The molecule has 1 heterocycles. The molecular weight excluding hydrogens is 231 g/mol. The van der Waals surface area contributed by atoms with Crippen LogP contribution in [0.3, 0.4) is 0 Å². The van der Waals surface area contributed by atoms with Crippen molar-refractivity contribution in [3.8, 4) is 0 Å². The Kier molecular flexibility index (Phi) is 3.05. The molecule has 2 aliphatic rings. The van der Waals surface area contributed by atoms with E-state index in [4.69, 9.17) is 16.3 Å². The van der Waals surface area contributed by atoms with Crippen molar-refractivity contribution in [3.63, 3.8) is 0 Å². The summed E-state index contributed by atoms with van der Waals surface area (Å²) in [4.78, 5) is 0. The number of hydrogen-bond acceptors (Lipinski definition) is 3. The summed E-state index contributed by atoms with van der Waals surface area (Å²) in [6, 6.07) is 0. The molecule has 4 unspecified atom stereocenters. The fourth-order valence-corrected chi connectivity index (χ4v) is 7.64. The van der Waals surface area contributed by atoms with Gasteiger partial charge in [-0.05, 0) is 39.0 Å². The molecule has 1 saturated carbocycles. The Hall–Kier alpha value is 0.570. The number of rotatable bonds is 1. The molecule has 0 N–H and O–H groups in total. The van der Waals surface area contributed by atoms with Crippen molar-refractivity contribution in [1.82, 2.24) is 0 Å². The van der Waals surface area contributed by atoms with E-state index in [1.807, 2.05) is 11.4 Å². The minimum absolute atomic E-state index is 0.305. The Morgan fingerprint density at radius 1 is 1.71 bits per heavy atom. The van der Waals surface area contributed by atoms with Crippen molar-refractivity contribution in [2.45, 2.75) is 44.0 Å². The van der Waals surface area contributed by atoms with E-state index in [1.54, 1.807) is 0 Å². The molecule has 0 aromatic carbocycles. The average molecular weight is 247 g/mol. The fourth-order valence-electron chi connectivity index (χ4n) is 2.25. The van der Waals surface area contributed by atoms with Crippen LogP contribution < -0.4 is 0 Å². The predicted octanol–water partition coefficient (Wildman–Crippen LogP) is 4.03. The Morgan fingerprint density at radius 2 is 2.43 bits per heavy atom. The smallest absolute Gasteiger partial charge is 0.153 e. The standard InChI is InChI=1S/C10H16OPS2/c1-7(2)8-4-5-10(3)9(6-8)11-12(13)14-10/h8-9H,1,4-6H2,2-3H3/q+1. The molecule has 4 heteroatoms. The van der Waals surface area contributed by atoms with Gasteiger partial charge >= 0.3 is 6.13 Å². The van der Waals surface area contributed by atoms with Gasteiger partial charge in [-0.3, -0.25) is 0 Å². The zero-order valence-corrected chi connectivity index (χ0v) is 11.2. The molecule has 0 radical (unpaired) electrons. The second-order valence-electron chi connectivity index (χ2n) is 4.54. The van der Waals surface area contributed by atoms with Gasteiger partial charge in [-0.25, -0.2) is 0 Å². The van der Waals surface area contributed by atoms with Gasteiger partial charge in [0.15, 0.2) is 0 Å². The van der Waals surface area contributed by atoms with Crippen molar-refractivity contribution >= 4 is 29.3 Å². The van der Waals surface area contributed by atoms with Crippen molar-refractivity contribution in [3.05, 3.63) is 12.2 Å². The van der Waals surface area contributed by atoms with Gasteiger partial charge in [-0.2, -0.15) is 4.52 Å². The van der Waals surface area contributed by atoms with E-state index in [0.717, 1.165) is 6.42 Å². The van der Waals surface area contributed by atoms with Gasteiger partial charge in [0, 0.05) is 0 Å². The summed E-state index contributed by atoms with van der Waals surface area (Å²) in [5.74, 6) is 0.658. The highest BCUT2D eigenvalue weighted by Gasteiger charge is 2.55. The van der Waals surface area contributed by atoms with Gasteiger partial charge in [0.2, 0.25) is 11.8 Å². The summed E-state index contributed by atoms with van der Waals surface area (Å²) >= 11 is 7.17. The molecule has 1 aliphatic carbocycles. The summed E-state index contributed by atoms with van der Waals surface area (Å²) in [7, 11) is 0. The van der Waals surface area contributed by atoms with Crippen LogP contribution in [0.2, 0.25) is 0 Å². The van der Waals surface area contributed by atoms with Gasteiger partial charge in [0.25, 0.3) is 0 Å². The van der Waals surface area contributed by atoms with E-state index in [-0.39, 0.29) is 0 Å². The molecule has 0 amide bonds. The van der Waals surface area contributed by atoms with Gasteiger partial charge in [-0.1, -0.05) is 12.2 Å². The van der Waals surface area contributed by atoms with Crippen LogP contribution in [-0.2, 0) is 16.3 Å². The second kappa shape index (κ2) is 3.86. The Balaban J connectivity index is 2.11. The zero-order valence-electron chi connectivity index (χ0n) is 8.66. The summed E-state index contributed by atoms with van der Waals surface area (Å²) in [5.41, 5.74) is 1.31. The molecule has 0 aromatic heterocycles. The maximum absolute atomic E-state index is 5.85. The largest absolute Gasteiger partial charge is 0.415 e. The van der Waals surface area contributed by atoms with E-state index < -0.39 is 6.13 Å². The second-order valence-corrected chi connectivity index (χ2v) is 9.54. The number of fused-ring (bicyclic) bond motifs is 1. The first-order valence-corrected chi connectivity index (χ1v) is 8.69. The lowest BCUT2D eigenvalue weighted by atomic mass is 9.77. The third-order valence-electron chi connectivity index (χ3n) is 3.36. The molecule has 4 atom stereocenters. The topological polar surface area (TPSA) is 9.23 Å². The Labute approximate surface area is 95.9 Å². The van der Waals surface area contributed by atoms with Crippen LogP contribution in [0, 0.1) is 5.92 Å². The molecule has 14 heavy (non-hydrogen) atoms. The Bertz CT molecular complexity index is 292. The molecule has 2 fully saturated rings. The third kappa shape index (κ3) is 1.92. The molecule has 1 aliphatic heterocycles.